The Labute approximate surface area is 116 Å². The monoisotopic (exact) mass is 280 g/mol. The van der Waals surface area contributed by atoms with Crippen LogP contribution >= 0.6 is 23.5 Å². The van der Waals surface area contributed by atoms with Gasteiger partial charge in [-0.15, -0.1) is 23.5 Å². The highest BCUT2D eigenvalue weighted by atomic mass is 32.2. The quantitative estimate of drug-likeness (QED) is 0.250. The van der Waals surface area contributed by atoms with E-state index in [1.54, 1.807) is 47.8 Å². The van der Waals surface area contributed by atoms with E-state index in [0.717, 1.165) is 15.7 Å². The average Bonchev–Trinajstić information content (AvgIpc) is 2.41. The van der Waals surface area contributed by atoms with Crippen molar-refractivity contribution in [3.05, 3.63) is 45.7 Å². The molecule has 0 heterocycles. The van der Waals surface area contributed by atoms with Gasteiger partial charge in [0.05, 0.1) is 9.81 Å². The van der Waals surface area contributed by atoms with Crippen LogP contribution in [0.1, 0.15) is 24.2 Å². The fourth-order valence-electron chi connectivity index (χ4n) is 1.40. The molecular weight excluding hydrogens is 264 g/mol. The number of Topliss-reactive ketones (excluding diaryl/α,β-unsaturated/α-hetero) is 1. The maximum Gasteiger partial charge on any atom is 0.197 e. The van der Waals surface area contributed by atoms with E-state index in [1.807, 2.05) is 19.9 Å². The first-order valence-corrected chi connectivity index (χ1v) is 7.76. The third-order valence-corrected chi connectivity index (χ3v) is 4.42. The molecule has 4 heteroatoms. The normalized spacial score (nSPS) is 9.89. The predicted molar refractivity (Wildman–Crippen MR) is 80.1 cm³/mol. The van der Waals surface area contributed by atoms with Gasteiger partial charge in [-0.25, -0.2) is 0 Å². The van der Waals surface area contributed by atoms with Crippen molar-refractivity contribution in [1.82, 2.24) is 0 Å². The second-order valence-electron chi connectivity index (χ2n) is 3.38. The van der Waals surface area contributed by atoms with Crippen LogP contribution in [-0.4, -0.2) is 23.6 Å². The Morgan fingerprint density at radius 3 is 2.11 bits per heavy atom. The Hall–Kier alpha value is -1.00. The standard InChI is InChI=1S/C14H16O2S2/c1-3-17-14(18-4-2)12(10-15)13(16)11-8-6-5-7-9-11/h5-10H,3-4H2,1-2H3. The van der Waals surface area contributed by atoms with Crippen LogP contribution < -0.4 is 0 Å². The van der Waals surface area contributed by atoms with E-state index < -0.39 is 0 Å². The zero-order valence-corrected chi connectivity index (χ0v) is 12.1. The number of carbonyl (C=O) groups is 2. The molecule has 0 bridgehead atoms. The number of thioether (sulfide) groups is 2. The van der Waals surface area contributed by atoms with Crippen LogP contribution in [0.4, 0.5) is 0 Å². The minimum absolute atomic E-state index is 0.192. The lowest BCUT2D eigenvalue weighted by Crippen LogP contribution is -2.06. The summed E-state index contributed by atoms with van der Waals surface area (Å²) in [5.41, 5.74) is 0.838. The zero-order valence-electron chi connectivity index (χ0n) is 10.5. The zero-order chi connectivity index (χ0) is 13.4. The van der Waals surface area contributed by atoms with Gasteiger partial charge in [-0.2, -0.15) is 0 Å². The van der Waals surface area contributed by atoms with Crippen LogP contribution in [0.25, 0.3) is 0 Å². The van der Waals surface area contributed by atoms with E-state index in [1.165, 1.54) is 0 Å². The van der Waals surface area contributed by atoms with Crippen LogP contribution in [0, 0.1) is 0 Å². The molecule has 0 atom stereocenters. The molecule has 0 N–H and O–H groups in total. The largest absolute Gasteiger partial charge is 0.298 e. The molecule has 0 unspecified atom stereocenters. The van der Waals surface area contributed by atoms with Crippen LogP contribution in [0.15, 0.2) is 40.1 Å². The van der Waals surface area contributed by atoms with Gasteiger partial charge in [0.25, 0.3) is 0 Å². The summed E-state index contributed by atoms with van der Waals surface area (Å²) in [5, 5.41) is 0. The third kappa shape index (κ3) is 4.03. The van der Waals surface area contributed by atoms with Crippen molar-refractivity contribution in [3.63, 3.8) is 0 Å². The van der Waals surface area contributed by atoms with Crippen molar-refractivity contribution in [3.8, 4) is 0 Å². The summed E-state index contributed by atoms with van der Waals surface area (Å²) < 4.78 is 0.823. The third-order valence-electron chi connectivity index (χ3n) is 2.17. The van der Waals surface area contributed by atoms with Gasteiger partial charge < -0.3 is 0 Å². The molecule has 2 nitrogen and oxygen atoms in total. The summed E-state index contributed by atoms with van der Waals surface area (Å²) in [6.45, 7) is 4.02. The molecule has 0 aromatic heterocycles. The number of ketones is 1. The number of carbonyl (C=O) groups excluding carboxylic acids is 2. The van der Waals surface area contributed by atoms with E-state index in [2.05, 4.69) is 0 Å². The predicted octanol–water partition coefficient (Wildman–Crippen LogP) is 3.79. The smallest absolute Gasteiger partial charge is 0.197 e. The van der Waals surface area contributed by atoms with Crippen molar-refractivity contribution in [2.45, 2.75) is 13.8 Å². The molecule has 1 aromatic rings. The number of benzene rings is 1. The lowest BCUT2D eigenvalue weighted by atomic mass is 10.1. The van der Waals surface area contributed by atoms with E-state index >= 15 is 0 Å². The summed E-state index contributed by atoms with van der Waals surface area (Å²) >= 11 is 3.09. The molecule has 1 rings (SSSR count). The van der Waals surface area contributed by atoms with E-state index in [4.69, 9.17) is 0 Å². The first-order chi connectivity index (χ1) is 8.74. The lowest BCUT2D eigenvalue weighted by Gasteiger charge is -2.08. The summed E-state index contributed by atoms with van der Waals surface area (Å²) in [6, 6.07) is 8.92. The van der Waals surface area contributed by atoms with Crippen molar-refractivity contribution in [1.29, 1.82) is 0 Å². The van der Waals surface area contributed by atoms with Crippen LogP contribution in [0.5, 0.6) is 0 Å². The van der Waals surface area contributed by atoms with Gasteiger partial charge in [0.2, 0.25) is 0 Å². The van der Waals surface area contributed by atoms with Gasteiger partial charge in [0.15, 0.2) is 12.1 Å². The fraction of sp³-hybridized carbons (Fsp3) is 0.286. The highest BCUT2D eigenvalue weighted by molar-refractivity contribution is 8.22. The lowest BCUT2D eigenvalue weighted by molar-refractivity contribution is -0.104. The SMILES string of the molecule is CCSC(SCC)=C(C=O)C(=O)c1ccccc1. The number of allylic oxidation sites excluding steroid dienone is 1. The molecule has 0 amide bonds. The maximum atomic E-state index is 12.3. The molecule has 0 spiro atoms. The molecule has 0 saturated heterocycles. The summed E-state index contributed by atoms with van der Waals surface area (Å²) in [5.74, 6) is 1.51. The Kier molecular flexibility index (Phi) is 6.83. The van der Waals surface area contributed by atoms with Crippen molar-refractivity contribution < 1.29 is 9.59 Å². The van der Waals surface area contributed by atoms with E-state index in [0.29, 0.717) is 11.8 Å². The molecule has 1 aromatic carbocycles. The molecular formula is C14H16O2S2. The second kappa shape index (κ2) is 8.16. The van der Waals surface area contributed by atoms with Crippen LogP contribution in [0.2, 0.25) is 0 Å². The molecule has 0 fully saturated rings. The van der Waals surface area contributed by atoms with Gasteiger partial charge >= 0.3 is 0 Å². The highest BCUT2D eigenvalue weighted by Crippen LogP contribution is 2.31. The van der Waals surface area contributed by atoms with Crippen molar-refractivity contribution in [2.75, 3.05) is 11.5 Å². The summed E-state index contributed by atoms with van der Waals surface area (Å²) in [6.07, 6.45) is 0.677. The maximum absolute atomic E-state index is 12.3. The molecule has 0 aliphatic heterocycles. The fourth-order valence-corrected chi connectivity index (χ4v) is 3.56. The minimum atomic E-state index is -0.192. The van der Waals surface area contributed by atoms with Gasteiger partial charge in [-0.3, -0.25) is 9.59 Å². The highest BCUT2D eigenvalue weighted by Gasteiger charge is 2.16. The molecule has 0 saturated carbocycles. The van der Waals surface area contributed by atoms with Crippen molar-refractivity contribution in [2.24, 2.45) is 0 Å². The number of hydrogen-bond donors (Lipinski definition) is 0. The van der Waals surface area contributed by atoms with Crippen LogP contribution in [-0.2, 0) is 4.79 Å². The molecule has 96 valence electrons. The number of rotatable bonds is 7. The Morgan fingerprint density at radius 2 is 1.67 bits per heavy atom. The average molecular weight is 280 g/mol. The second-order valence-corrected chi connectivity index (χ2v) is 6.19. The van der Waals surface area contributed by atoms with Gasteiger partial charge in [-0.1, -0.05) is 44.2 Å². The first-order valence-electron chi connectivity index (χ1n) is 5.79. The number of hydrogen-bond acceptors (Lipinski definition) is 4. The van der Waals surface area contributed by atoms with Gasteiger partial charge in [-0.05, 0) is 11.5 Å². The van der Waals surface area contributed by atoms with Crippen LogP contribution in [0.3, 0.4) is 0 Å². The Balaban J connectivity index is 3.10. The number of aldehydes is 1. The molecule has 18 heavy (non-hydrogen) atoms. The van der Waals surface area contributed by atoms with E-state index in [9.17, 15) is 9.59 Å². The summed E-state index contributed by atoms with van der Waals surface area (Å²) in [7, 11) is 0. The minimum Gasteiger partial charge on any atom is -0.298 e. The topological polar surface area (TPSA) is 34.1 Å². The Bertz CT molecular complexity index is 430. The van der Waals surface area contributed by atoms with E-state index in [-0.39, 0.29) is 11.4 Å². The molecule has 0 aliphatic carbocycles. The van der Waals surface area contributed by atoms with Crippen molar-refractivity contribution >= 4 is 35.6 Å². The Morgan fingerprint density at radius 1 is 1.11 bits per heavy atom. The van der Waals surface area contributed by atoms with Gasteiger partial charge in [0, 0.05) is 5.56 Å². The van der Waals surface area contributed by atoms with Gasteiger partial charge in [0.1, 0.15) is 0 Å². The first kappa shape index (κ1) is 15.1. The molecule has 0 aliphatic rings. The molecule has 0 radical (unpaired) electrons. The summed E-state index contributed by atoms with van der Waals surface area (Å²) in [4.78, 5) is 23.5.